The molecule has 1 atom stereocenters. The lowest BCUT2D eigenvalue weighted by atomic mass is 10.0. The van der Waals surface area contributed by atoms with Crippen molar-refractivity contribution >= 4 is 32.4 Å². The predicted octanol–water partition coefficient (Wildman–Crippen LogP) is 4.13. The topological polar surface area (TPSA) is 58.0 Å². The molecule has 0 fully saturated rings. The summed E-state index contributed by atoms with van der Waals surface area (Å²) in [6.07, 6.45) is 1.74. The van der Waals surface area contributed by atoms with E-state index in [-0.39, 0.29) is 6.04 Å². The van der Waals surface area contributed by atoms with Gasteiger partial charge in [0.2, 0.25) is 5.13 Å². The van der Waals surface area contributed by atoms with Crippen LogP contribution < -0.4 is 5.32 Å². The van der Waals surface area contributed by atoms with E-state index in [0.29, 0.717) is 5.75 Å². The van der Waals surface area contributed by atoms with Gasteiger partial charge in [0.25, 0.3) is 0 Å². The Morgan fingerprint density at radius 2 is 2.16 bits per heavy atom. The van der Waals surface area contributed by atoms with E-state index in [1.54, 1.807) is 17.4 Å². The minimum atomic E-state index is 0.0233. The molecule has 19 heavy (non-hydrogen) atoms. The Labute approximate surface area is 125 Å². The van der Waals surface area contributed by atoms with Crippen LogP contribution in [0, 0.1) is 0 Å². The normalized spacial score (nSPS) is 12.4. The highest BCUT2D eigenvalue weighted by Gasteiger charge is 2.15. The fraction of sp³-hybridized carbons (Fsp3) is 0.385. The van der Waals surface area contributed by atoms with Gasteiger partial charge in [-0.3, -0.25) is 0 Å². The van der Waals surface area contributed by atoms with Crippen molar-refractivity contribution in [3.63, 3.8) is 0 Å². The van der Waals surface area contributed by atoms with Crippen molar-refractivity contribution in [3.05, 3.63) is 33.2 Å². The Bertz CT molecular complexity index is 559. The Balaban J connectivity index is 2.22. The molecular formula is C13H16BrN3OS. The number of nitrogens with one attached hydrogen (secondary N) is 1. The van der Waals surface area contributed by atoms with Gasteiger partial charge in [-0.05, 0) is 31.0 Å². The number of halogens is 1. The number of aromatic nitrogens is 2. The molecule has 6 heteroatoms. The number of aryl methyl sites for hydroxylation is 1. The Kier molecular flexibility index (Phi) is 4.76. The Morgan fingerprint density at radius 1 is 1.37 bits per heavy atom. The van der Waals surface area contributed by atoms with Gasteiger partial charge in [0.1, 0.15) is 10.8 Å². The number of hydrogen-bond acceptors (Lipinski definition) is 5. The summed E-state index contributed by atoms with van der Waals surface area (Å²) in [5.41, 5.74) is 0.866. The van der Waals surface area contributed by atoms with Crippen molar-refractivity contribution in [2.75, 3.05) is 5.32 Å². The maximum atomic E-state index is 9.97. The molecule has 0 aliphatic rings. The minimum absolute atomic E-state index is 0.0233. The molecule has 0 aliphatic carbocycles. The average Bonchev–Trinajstić information content (AvgIpc) is 2.87. The number of nitrogens with zero attached hydrogens (tertiary/aromatic N) is 2. The van der Waals surface area contributed by atoms with Crippen LogP contribution in [0.25, 0.3) is 0 Å². The highest BCUT2D eigenvalue weighted by Crippen LogP contribution is 2.32. The summed E-state index contributed by atoms with van der Waals surface area (Å²) in [6, 6.07) is 5.47. The second kappa shape index (κ2) is 6.34. The molecule has 0 aliphatic heterocycles. The van der Waals surface area contributed by atoms with Crippen LogP contribution in [0.4, 0.5) is 5.13 Å². The molecule has 0 saturated carbocycles. The smallest absolute Gasteiger partial charge is 0.206 e. The fourth-order valence-corrected chi connectivity index (χ4v) is 2.92. The Morgan fingerprint density at radius 3 is 2.79 bits per heavy atom. The van der Waals surface area contributed by atoms with E-state index in [9.17, 15) is 5.11 Å². The zero-order chi connectivity index (χ0) is 13.8. The molecule has 1 heterocycles. The van der Waals surface area contributed by atoms with E-state index >= 15 is 0 Å². The minimum Gasteiger partial charge on any atom is -0.508 e. The van der Waals surface area contributed by atoms with Crippen LogP contribution >= 0.6 is 27.3 Å². The highest BCUT2D eigenvalue weighted by atomic mass is 79.9. The first-order chi connectivity index (χ1) is 9.13. The number of aromatic hydroxyl groups is 1. The van der Waals surface area contributed by atoms with Crippen LogP contribution in [0.3, 0.4) is 0 Å². The molecule has 0 radical (unpaired) electrons. The van der Waals surface area contributed by atoms with Crippen molar-refractivity contribution in [3.8, 4) is 5.75 Å². The van der Waals surface area contributed by atoms with Crippen molar-refractivity contribution < 1.29 is 5.11 Å². The third-order valence-electron chi connectivity index (χ3n) is 2.84. The van der Waals surface area contributed by atoms with Crippen LogP contribution in [0.15, 0.2) is 22.7 Å². The lowest BCUT2D eigenvalue weighted by Crippen LogP contribution is -2.09. The summed E-state index contributed by atoms with van der Waals surface area (Å²) in [5.74, 6) is 0.294. The zero-order valence-electron chi connectivity index (χ0n) is 10.9. The quantitative estimate of drug-likeness (QED) is 0.858. The maximum absolute atomic E-state index is 9.97. The van der Waals surface area contributed by atoms with E-state index in [1.165, 1.54) is 0 Å². The summed E-state index contributed by atoms with van der Waals surface area (Å²) in [7, 11) is 0. The lowest BCUT2D eigenvalue weighted by molar-refractivity contribution is 0.462. The molecule has 2 rings (SSSR count). The zero-order valence-corrected chi connectivity index (χ0v) is 13.3. The van der Waals surface area contributed by atoms with Gasteiger partial charge < -0.3 is 10.4 Å². The molecular weight excluding hydrogens is 326 g/mol. The molecule has 0 spiro atoms. The molecule has 4 nitrogen and oxygen atoms in total. The summed E-state index contributed by atoms with van der Waals surface area (Å²) in [4.78, 5) is 0. The third kappa shape index (κ3) is 3.45. The van der Waals surface area contributed by atoms with Gasteiger partial charge >= 0.3 is 0 Å². The SMILES string of the molecule is CCc1nnc(NC(CC)c2cc(Br)ccc2O)s1. The molecule has 2 N–H and O–H groups in total. The number of phenols is 1. The number of anilines is 1. The molecule has 0 amide bonds. The second-order valence-corrected chi connectivity index (χ2v) is 6.14. The summed E-state index contributed by atoms with van der Waals surface area (Å²) in [6.45, 7) is 4.13. The van der Waals surface area contributed by atoms with Crippen LogP contribution in [0.5, 0.6) is 5.75 Å². The summed E-state index contributed by atoms with van der Waals surface area (Å²) in [5, 5.41) is 23.3. The highest BCUT2D eigenvalue weighted by molar-refractivity contribution is 9.10. The molecule has 2 aromatic rings. The first-order valence-electron chi connectivity index (χ1n) is 6.21. The van der Waals surface area contributed by atoms with Gasteiger partial charge in [-0.15, -0.1) is 10.2 Å². The van der Waals surface area contributed by atoms with Crippen LogP contribution in [-0.2, 0) is 6.42 Å². The van der Waals surface area contributed by atoms with Crippen molar-refractivity contribution in [1.82, 2.24) is 10.2 Å². The monoisotopic (exact) mass is 341 g/mol. The van der Waals surface area contributed by atoms with Gasteiger partial charge in [0, 0.05) is 10.0 Å². The molecule has 0 saturated heterocycles. The largest absolute Gasteiger partial charge is 0.508 e. The van der Waals surface area contributed by atoms with Crippen LogP contribution in [0.1, 0.15) is 36.9 Å². The van der Waals surface area contributed by atoms with Crippen LogP contribution in [-0.4, -0.2) is 15.3 Å². The molecule has 1 aromatic carbocycles. The average molecular weight is 342 g/mol. The lowest BCUT2D eigenvalue weighted by Gasteiger charge is -2.17. The number of hydrogen-bond donors (Lipinski definition) is 2. The number of phenolic OH excluding ortho intramolecular Hbond substituents is 1. The van der Waals surface area contributed by atoms with Gasteiger partial charge in [0.05, 0.1) is 6.04 Å². The molecule has 0 bridgehead atoms. The van der Waals surface area contributed by atoms with Crippen molar-refractivity contribution in [2.24, 2.45) is 0 Å². The van der Waals surface area contributed by atoms with Gasteiger partial charge in [-0.2, -0.15) is 0 Å². The van der Waals surface area contributed by atoms with Crippen molar-refractivity contribution in [2.45, 2.75) is 32.7 Å². The van der Waals surface area contributed by atoms with E-state index in [4.69, 9.17) is 0 Å². The van der Waals surface area contributed by atoms with Gasteiger partial charge in [0.15, 0.2) is 0 Å². The fourth-order valence-electron chi connectivity index (χ4n) is 1.81. The second-order valence-electron chi connectivity index (χ2n) is 4.16. The van der Waals surface area contributed by atoms with Crippen LogP contribution in [0.2, 0.25) is 0 Å². The predicted molar refractivity (Wildman–Crippen MR) is 81.7 cm³/mol. The Hall–Kier alpha value is -1.14. The van der Waals surface area contributed by atoms with E-state index < -0.39 is 0 Å². The third-order valence-corrected chi connectivity index (χ3v) is 4.33. The number of benzene rings is 1. The summed E-state index contributed by atoms with van der Waals surface area (Å²) >= 11 is 4.98. The van der Waals surface area contributed by atoms with Gasteiger partial charge in [-0.1, -0.05) is 41.1 Å². The first-order valence-corrected chi connectivity index (χ1v) is 7.82. The van der Waals surface area contributed by atoms with E-state index in [0.717, 1.165) is 33.0 Å². The van der Waals surface area contributed by atoms with E-state index in [2.05, 4.69) is 45.3 Å². The maximum Gasteiger partial charge on any atom is 0.206 e. The summed E-state index contributed by atoms with van der Waals surface area (Å²) < 4.78 is 0.951. The first kappa shape index (κ1) is 14.3. The molecule has 1 aromatic heterocycles. The van der Waals surface area contributed by atoms with Crippen molar-refractivity contribution in [1.29, 1.82) is 0 Å². The number of rotatable bonds is 5. The standard InChI is InChI=1S/C13H16BrN3OS/c1-3-10(9-7-8(14)5-6-11(9)18)15-13-17-16-12(4-2)19-13/h5-7,10,18H,3-4H2,1-2H3,(H,15,17). The van der Waals surface area contributed by atoms with Gasteiger partial charge in [-0.25, -0.2) is 0 Å². The molecule has 102 valence electrons. The van der Waals surface area contributed by atoms with E-state index in [1.807, 2.05) is 12.1 Å². The molecule has 1 unspecified atom stereocenters.